The molecule has 0 radical (unpaired) electrons. The number of carbonyl (C=O) groups is 1. The minimum absolute atomic E-state index is 0.148. The van der Waals surface area contributed by atoms with Gasteiger partial charge in [-0.3, -0.25) is 14.2 Å². The summed E-state index contributed by atoms with van der Waals surface area (Å²) < 4.78 is 16.6. The van der Waals surface area contributed by atoms with Gasteiger partial charge in [0.25, 0.3) is 5.56 Å². The van der Waals surface area contributed by atoms with Crippen LogP contribution < -0.4 is 16.6 Å². The van der Waals surface area contributed by atoms with Crippen molar-refractivity contribution in [1.29, 1.82) is 0 Å². The van der Waals surface area contributed by atoms with Crippen LogP contribution in [0, 0.1) is 5.82 Å². The van der Waals surface area contributed by atoms with Crippen LogP contribution in [-0.2, 0) is 11.3 Å². The van der Waals surface area contributed by atoms with Gasteiger partial charge in [0.05, 0.1) is 11.2 Å². The molecule has 0 saturated carbocycles. The lowest BCUT2D eigenvalue weighted by Gasteiger charge is -2.13. The second-order valence-corrected chi connectivity index (χ2v) is 8.17. The highest BCUT2D eigenvalue weighted by Crippen LogP contribution is 2.20. The summed E-state index contributed by atoms with van der Waals surface area (Å²) >= 11 is 2.68. The van der Waals surface area contributed by atoms with Gasteiger partial charge in [-0.1, -0.05) is 18.2 Å². The van der Waals surface area contributed by atoms with Gasteiger partial charge in [-0.15, -0.1) is 23.1 Å². The lowest BCUT2D eigenvalue weighted by molar-refractivity contribution is -0.116. The number of hydrogen-bond acceptors (Lipinski definition) is 5. The van der Waals surface area contributed by atoms with E-state index in [-0.39, 0.29) is 16.9 Å². The number of halogens is 1. The summed E-state index contributed by atoms with van der Waals surface area (Å²) in [4.78, 5) is 39.6. The summed E-state index contributed by atoms with van der Waals surface area (Å²) in [7, 11) is 0. The number of para-hydroxylation sites is 1. The highest BCUT2D eigenvalue weighted by atomic mass is 32.2. The Kier molecular flexibility index (Phi) is 5.56. The topological polar surface area (TPSA) is 73.1 Å². The van der Waals surface area contributed by atoms with Crippen molar-refractivity contribution in [1.82, 2.24) is 9.13 Å². The summed E-state index contributed by atoms with van der Waals surface area (Å²) in [5.41, 5.74) is -0.590. The van der Waals surface area contributed by atoms with Crippen molar-refractivity contribution in [2.75, 3.05) is 11.6 Å². The molecule has 152 valence electrons. The number of nitrogens with one attached hydrogen (secondary N) is 1. The third-order valence-electron chi connectivity index (χ3n) is 4.50. The molecule has 0 fully saturated rings. The molecule has 30 heavy (non-hydrogen) atoms. The molecule has 0 spiro atoms. The number of amides is 1. The SMILES string of the molecule is CSc1cccc(NC(=O)Cn2c(=O)n(-c3ccccc3F)c(=O)c3sccc32)c1. The first-order valence-corrected chi connectivity index (χ1v) is 11.0. The van der Waals surface area contributed by atoms with Crippen LogP contribution in [-0.4, -0.2) is 21.3 Å². The second kappa shape index (κ2) is 8.29. The molecule has 2 heterocycles. The molecule has 0 bridgehead atoms. The van der Waals surface area contributed by atoms with E-state index in [2.05, 4.69) is 5.32 Å². The van der Waals surface area contributed by atoms with Gasteiger partial charge < -0.3 is 5.32 Å². The summed E-state index contributed by atoms with van der Waals surface area (Å²) in [6, 6.07) is 14.5. The average molecular weight is 442 g/mol. The van der Waals surface area contributed by atoms with Gasteiger partial charge in [-0.05, 0) is 48.0 Å². The molecule has 0 aliphatic heterocycles. The van der Waals surface area contributed by atoms with E-state index in [0.717, 1.165) is 20.8 Å². The largest absolute Gasteiger partial charge is 0.336 e. The number of nitrogens with zero attached hydrogens (tertiary/aromatic N) is 2. The molecule has 2 aromatic carbocycles. The van der Waals surface area contributed by atoms with Gasteiger partial charge in [-0.25, -0.2) is 13.8 Å². The van der Waals surface area contributed by atoms with E-state index < -0.39 is 23.0 Å². The zero-order chi connectivity index (χ0) is 21.3. The Morgan fingerprint density at radius 1 is 1.13 bits per heavy atom. The van der Waals surface area contributed by atoms with Crippen molar-refractivity contribution in [3.63, 3.8) is 0 Å². The van der Waals surface area contributed by atoms with Crippen LogP contribution in [0.3, 0.4) is 0 Å². The van der Waals surface area contributed by atoms with Crippen molar-refractivity contribution in [2.45, 2.75) is 11.4 Å². The van der Waals surface area contributed by atoms with Crippen molar-refractivity contribution in [2.24, 2.45) is 0 Å². The Bertz CT molecular complexity index is 1370. The molecule has 0 atom stereocenters. The number of carbonyl (C=O) groups excluding carboxylic acids is 1. The molecule has 0 aliphatic rings. The first-order chi connectivity index (χ1) is 14.5. The molecule has 6 nitrogen and oxygen atoms in total. The van der Waals surface area contributed by atoms with Crippen molar-refractivity contribution < 1.29 is 9.18 Å². The zero-order valence-corrected chi connectivity index (χ0v) is 17.4. The molecule has 4 rings (SSSR count). The number of aromatic nitrogens is 2. The molecule has 0 unspecified atom stereocenters. The van der Waals surface area contributed by atoms with Gasteiger partial charge in [0.2, 0.25) is 5.91 Å². The molecule has 0 saturated heterocycles. The number of thiophene rings is 1. The predicted octanol–water partition coefficient (Wildman–Crippen LogP) is 3.71. The van der Waals surface area contributed by atoms with E-state index in [1.807, 2.05) is 24.5 Å². The maximum atomic E-state index is 14.3. The minimum Gasteiger partial charge on any atom is -0.324 e. The number of thioether (sulfide) groups is 1. The van der Waals surface area contributed by atoms with Gasteiger partial charge >= 0.3 is 5.69 Å². The number of hydrogen-bond donors (Lipinski definition) is 1. The molecular weight excluding hydrogens is 425 g/mol. The van der Waals surface area contributed by atoms with E-state index in [0.29, 0.717) is 11.2 Å². The first kappa shape index (κ1) is 20.1. The zero-order valence-electron chi connectivity index (χ0n) is 15.8. The van der Waals surface area contributed by atoms with Crippen LogP contribution in [0.1, 0.15) is 0 Å². The summed E-state index contributed by atoms with van der Waals surface area (Å²) in [6.45, 7) is -0.315. The molecule has 0 aliphatic carbocycles. The van der Waals surface area contributed by atoms with E-state index in [9.17, 15) is 18.8 Å². The van der Waals surface area contributed by atoms with E-state index in [1.165, 1.54) is 22.8 Å². The Morgan fingerprint density at radius 3 is 2.70 bits per heavy atom. The normalized spacial score (nSPS) is 11.0. The van der Waals surface area contributed by atoms with Crippen LogP contribution in [0.25, 0.3) is 15.9 Å². The van der Waals surface area contributed by atoms with E-state index >= 15 is 0 Å². The highest BCUT2D eigenvalue weighted by Gasteiger charge is 2.19. The lowest BCUT2D eigenvalue weighted by Crippen LogP contribution is -2.40. The molecule has 1 N–H and O–H groups in total. The average Bonchev–Trinajstić information content (AvgIpc) is 3.23. The monoisotopic (exact) mass is 441 g/mol. The standard InChI is InChI=1S/C21H16FN3O3S2/c1-29-14-6-4-5-13(11-14)23-18(26)12-24-17-9-10-30-19(17)20(27)25(21(24)28)16-8-3-2-7-15(16)22/h2-11H,12H2,1H3,(H,23,26). The molecule has 4 aromatic rings. The number of rotatable bonds is 5. The molecule has 1 amide bonds. The second-order valence-electron chi connectivity index (χ2n) is 6.38. The van der Waals surface area contributed by atoms with Crippen molar-refractivity contribution >= 4 is 44.9 Å². The number of benzene rings is 2. The Morgan fingerprint density at radius 2 is 1.93 bits per heavy atom. The summed E-state index contributed by atoms with van der Waals surface area (Å²) in [6.07, 6.45) is 1.93. The smallest absolute Gasteiger partial charge is 0.324 e. The fourth-order valence-corrected chi connectivity index (χ4v) is 4.41. The van der Waals surface area contributed by atoms with Crippen LogP contribution in [0.4, 0.5) is 10.1 Å². The fourth-order valence-electron chi connectivity index (χ4n) is 3.13. The Balaban J connectivity index is 1.78. The van der Waals surface area contributed by atoms with Crippen LogP contribution in [0.15, 0.2) is 74.5 Å². The Labute approximate surface area is 178 Å². The molecule has 2 aromatic heterocycles. The summed E-state index contributed by atoms with van der Waals surface area (Å²) in [5, 5.41) is 4.42. The van der Waals surface area contributed by atoms with Crippen molar-refractivity contribution in [3.05, 3.63) is 86.6 Å². The quantitative estimate of drug-likeness (QED) is 0.479. The maximum Gasteiger partial charge on any atom is 0.336 e. The van der Waals surface area contributed by atoms with E-state index in [4.69, 9.17) is 0 Å². The molecule has 9 heteroatoms. The van der Waals surface area contributed by atoms with E-state index in [1.54, 1.807) is 35.3 Å². The van der Waals surface area contributed by atoms with Gasteiger partial charge in [-0.2, -0.15) is 0 Å². The predicted molar refractivity (Wildman–Crippen MR) is 118 cm³/mol. The number of anilines is 1. The van der Waals surface area contributed by atoms with Gasteiger partial charge in [0.1, 0.15) is 17.1 Å². The summed E-state index contributed by atoms with van der Waals surface area (Å²) in [5.74, 6) is -1.13. The van der Waals surface area contributed by atoms with Gasteiger partial charge in [0, 0.05) is 10.6 Å². The third-order valence-corrected chi connectivity index (χ3v) is 6.12. The maximum absolute atomic E-state index is 14.3. The van der Waals surface area contributed by atoms with Crippen LogP contribution in [0.5, 0.6) is 0 Å². The van der Waals surface area contributed by atoms with Gasteiger partial charge in [0.15, 0.2) is 0 Å². The molecular formula is C21H16FN3O3S2. The Hall–Kier alpha value is -3.17. The highest BCUT2D eigenvalue weighted by molar-refractivity contribution is 7.98. The number of fused-ring (bicyclic) bond motifs is 1. The third kappa shape index (κ3) is 3.69. The fraction of sp³-hybridized carbons (Fsp3) is 0.0952. The first-order valence-electron chi connectivity index (χ1n) is 8.91. The van der Waals surface area contributed by atoms with Crippen LogP contribution in [0.2, 0.25) is 0 Å². The lowest BCUT2D eigenvalue weighted by atomic mass is 10.3. The van der Waals surface area contributed by atoms with Crippen molar-refractivity contribution in [3.8, 4) is 5.69 Å². The van der Waals surface area contributed by atoms with Crippen LogP contribution >= 0.6 is 23.1 Å². The minimum atomic E-state index is -0.774.